The van der Waals surface area contributed by atoms with Gasteiger partial charge in [-0.2, -0.15) is 0 Å². The fourth-order valence-electron chi connectivity index (χ4n) is 3.66. The molecule has 1 heterocycles. The van der Waals surface area contributed by atoms with E-state index in [4.69, 9.17) is 0 Å². The maximum absolute atomic E-state index is 12.6. The Hall–Kier alpha value is -2.41. The van der Waals surface area contributed by atoms with Gasteiger partial charge in [-0.25, -0.2) is 4.79 Å². The van der Waals surface area contributed by atoms with E-state index < -0.39 is 5.54 Å². The molecule has 0 aromatic heterocycles. The van der Waals surface area contributed by atoms with Crippen molar-refractivity contribution < 1.29 is 14.4 Å². The number of anilines is 1. The minimum Gasteiger partial charge on any atom is -0.326 e. The highest BCUT2D eigenvalue weighted by atomic mass is 16.2. The number of nitrogens with zero attached hydrogens (tertiary/aromatic N) is 1. The fourth-order valence-corrected chi connectivity index (χ4v) is 3.66. The van der Waals surface area contributed by atoms with Crippen LogP contribution >= 0.6 is 0 Å². The lowest BCUT2D eigenvalue weighted by Crippen LogP contribution is -2.44. The molecular formula is C19H26N4O3. The van der Waals surface area contributed by atoms with Crippen LogP contribution < -0.4 is 16.0 Å². The zero-order chi connectivity index (χ0) is 18.6. The molecule has 7 nitrogen and oxygen atoms in total. The highest BCUT2D eigenvalue weighted by molar-refractivity contribution is 6.07. The first kappa shape index (κ1) is 18.4. The predicted octanol–water partition coefficient (Wildman–Crippen LogP) is 1.99. The number of rotatable bonds is 7. The minimum atomic E-state index is -0.714. The van der Waals surface area contributed by atoms with Crippen LogP contribution in [0.15, 0.2) is 24.3 Å². The molecule has 1 saturated carbocycles. The zero-order valence-electron chi connectivity index (χ0n) is 15.1. The summed E-state index contributed by atoms with van der Waals surface area (Å²) in [4.78, 5) is 38.1. The van der Waals surface area contributed by atoms with Crippen molar-refractivity contribution in [3.8, 4) is 0 Å². The van der Waals surface area contributed by atoms with Gasteiger partial charge in [-0.3, -0.25) is 14.5 Å². The molecule has 0 bridgehead atoms. The smallest absolute Gasteiger partial charge is 0.325 e. The summed E-state index contributed by atoms with van der Waals surface area (Å²) in [6.45, 7) is 3.77. The molecule has 3 rings (SSSR count). The van der Waals surface area contributed by atoms with E-state index in [-0.39, 0.29) is 30.8 Å². The molecule has 2 aliphatic rings. The van der Waals surface area contributed by atoms with Crippen molar-refractivity contribution in [3.05, 3.63) is 29.8 Å². The molecule has 1 aliphatic carbocycles. The second-order valence-electron chi connectivity index (χ2n) is 6.96. The summed E-state index contributed by atoms with van der Waals surface area (Å²) in [7, 11) is 0. The standard InChI is InChI=1S/C19H26N4O3/c1-2-20-13-14-6-5-7-15(12-14)21-16(24)8-11-23-17(25)19(22-18(23)26)9-3-4-10-19/h5-7,12,20H,2-4,8-11,13H2,1H3,(H,21,24)(H,22,26). The summed E-state index contributed by atoms with van der Waals surface area (Å²) in [6.07, 6.45) is 3.37. The van der Waals surface area contributed by atoms with Crippen molar-refractivity contribution >= 4 is 23.5 Å². The van der Waals surface area contributed by atoms with Gasteiger partial charge in [0.15, 0.2) is 0 Å². The maximum Gasteiger partial charge on any atom is 0.325 e. The lowest BCUT2D eigenvalue weighted by Gasteiger charge is -2.19. The summed E-state index contributed by atoms with van der Waals surface area (Å²) in [6, 6.07) is 7.25. The topological polar surface area (TPSA) is 90.5 Å². The van der Waals surface area contributed by atoms with Gasteiger partial charge < -0.3 is 16.0 Å². The summed E-state index contributed by atoms with van der Waals surface area (Å²) >= 11 is 0. The van der Waals surface area contributed by atoms with Gasteiger partial charge in [-0.05, 0) is 37.1 Å². The Morgan fingerprint density at radius 2 is 2.04 bits per heavy atom. The average Bonchev–Trinajstić information content (AvgIpc) is 3.18. The molecule has 7 heteroatoms. The molecular weight excluding hydrogens is 332 g/mol. The van der Waals surface area contributed by atoms with Gasteiger partial charge in [0.2, 0.25) is 5.91 Å². The normalized spacial score (nSPS) is 18.4. The van der Waals surface area contributed by atoms with Crippen LogP contribution in [0.5, 0.6) is 0 Å². The number of amides is 4. The third kappa shape index (κ3) is 3.88. The average molecular weight is 358 g/mol. The van der Waals surface area contributed by atoms with E-state index in [2.05, 4.69) is 16.0 Å². The monoisotopic (exact) mass is 358 g/mol. The Bertz CT molecular complexity index is 698. The van der Waals surface area contributed by atoms with Gasteiger partial charge in [-0.15, -0.1) is 0 Å². The SMILES string of the molecule is CCNCc1cccc(NC(=O)CCN2C(=O)NC3(CCCC3)C2=O)c1. The van der Waals surface area contributed by atoms with Gasteiger partial charge >= 0.3 is 6.03 Å². The molecule has 0 radical (unpaired) electrons. The number of carbonyl (C=O) groups excluding carboxylic acids is 3. The lowest BCUT2D eigenvalue weighted by atomic mass is 9.98. The van der Waals surface area contributed by atoms with Crippen LogP contribution in [0.25, 0.3) is 0 Å². The van der Waals surface area contributed by atoms with Gasteiger partial charge in [0.25, 0.3) is 5.91 Å². The highest BCUT2D eigenvalue weighted by Gasteiger charge is 2.52. The van der Waals surface area contributed by atoms with Crippen molar-refractivity contribution in [1.82, 2.24) is 15.5 Å². The second-order valence-corrected chi connectivity index (χ2v) is 6.96. The van der Waals surface area contributed by atoms with Crippen LogP contribution in [-0.2, 0) is 16.1 Å². The van der Waals surface area contributed by atoms with Crippen LogP contribution in [0, 0.1) is 0 Å². The fraction of sp³-hybridized carbons (Fsp3) is 0.526. The van der Waals surface area contributed by atoms with Crippen LogP contribution in [0.3, 0.4) is 0 Å². The first-order chi connectivity index (χ1) is 12.5. The number of hydrogen-bond donors (Lipinski definition) is 3. The zero-order valence-corrected chi connectivity index (χ0v) is 15.1. The van der Waals surface area contributed by atoms with Crippen LogP contribution in [0.4, 0.5) is 10.5 Å². The predicted molar refractivity (Wildman–Crippen MR) is 98.5 cm³/mol. The summed E-state index contributed by atoms with van der Waals surface area (Å²) < 4.78 is 0. The van der Waals surface area contributed by atoms with E-state index in [0.717, 1.165) is 37.2 Å². The van der Waals surface area contributed by atoms with Crippen LogP contribution in [0.2, 0.25) is 0 Å². The van der Waals surface area contributed by atoms with Crippen LogP contribution in [-0.4, -0.2) is 41.4 Å². The van der Waals surface area contributed by atoms with Crippen molar-refractivity contribution in [2.24, 2.45) is 0 Å². The number of benzene rings is 1. The molecule has 1 aliphatic heterocycles. The van der Waals surface area contributed by atoms with E-state index >= 15 is 0 Å². The number of hydrogen-bond acceptors (Lipinski definition) is 4. The Labute approximate surface area is 153 Å². The minimum absolute atomic E-state index is 0.0900. The Morgan fingerprint density at radius 3 is 2.77 bits per heavy atom. The summed E-state index contributed by atoms with van der Waals surface area (Å²) in [5.74, 6) is -0.390. The van der Waals surface area contributed by atoms with E-state index in [1.807, 2.05) is 31.2 Å². The molecule has 1 aromatic carbocycles. The van der Waals surface area contributed by atoms with Crippen LogP contribution in [0.1, 0.15) is 44.6 Å². The van der Waals surface area contributed by atoms with E-state index in [9.17, 15) is 14.4 Å². The molecule has 1 aromatic rings. The molecule has 1 spiro atoms. The van der Waals surface area contributed by atoms with Crippen molar-refractivity contribution in [3.63, 3.8) is 0 Å². The third-order valence-electron chi connectivity index (χ3n) is 5.06. The van der Waals surface area contributed by atoms with Crippen molar-refractivity contribution in [2.45, 2.75) is 51.1 Å². The number of imide groups is 1. The van der Waals surface area contributed by atoms with Gasteiger partial charge in [0.1, 0.15) is 5.54 Å². The Morgan fingerprint density at radius 1 is 1.27 bits per heavy atom. The van der Waals surface area contributed by atoms with Gasteiger partial charge in [0, 0.05) is 25.2 Å². The molecule has 0 atom stereocenters. The first-order valence-electron chi connectivity index (χ1n) is 9.28. The summed E-state index contributed by atoms with van der Waals surface area (Å²) in [5, 5.41) is 8.90. The Balaban J connectivity index is 1.53. The molecule has 140 valence electrons. The summed E-state index contributed by atoms with van der Waals surface area (Å²) in [5.41, 5.74) is 1.09. The number of nitrogens with one attached hydrogen (secondary N) is 3. The van der Waals surface area contributed by atoms with E-state index in [0.29, 0.717) is 12.8 Å². The van der Waals surface area contributed by atoms with Gasteiger partial charge in [0.05, 0.1) is 0 Å². The molecule has 26 heavy (non-hydrogen) atoms. The largest absolute Gasteiger partial charge is 0.326 e. The molecule has 1 saturated heterocycles. The maximum atomic E-state index is 12.6. The highest BCUT2D eigenvalue weighted by Crippen LogP contribution is 2.35. The molecule has 3 N–H and O–H groups in total. The van der Waals surface area contributed by atoms with E-state index in [1.165, 1.54) is 4.90 Å². The number of urea groups is 1. The quantitative estimate of drug-likeness (QED) is 0.650. The first-order valence-corrected chi connectivity index (χ1v) is 9.28. The van der Waals surface area contributed by atoms with Crippen molar-refractivity contribution in [2.75, 3.05) is 18.4 Å². The molecule has 0 unspecified atom stereocenters. The third-order valence-corrected chi connectivity index (χ3v) is 5.06. The van der Waals surface area contributed by atoms with Crippen molar-refractivity contribution in [1.29, 1.82) is 0 Å². The van der Waals surface area contributed by atoms with E-state index in [1.54, 1.807) is 0 Å². The Kier molecular flexibility index (Phi) is 5.56. The molecule has 4 amide bonds. The number of carbonyl (C=O) groups is 3. The van der Waals surface area contributed by atoms with Gasteiger partial charge in [-0.1, -0.05) is 31.9 Å². The second kappa shape index (κ2) is 7.86. The molecule has 2 fully saturated rings. The lowest BCUT2D eigenvalue weighted by molar-refractivity contribution is -0.131.